The van der Waals surface area contributed by atoms with Gasteiger partial charge >= 0.3 is 0 Å². The van der Waals surface area contributed by atoms with Gasteiger partial charge in [-0.05, 0) is 67.6 Å². The number of benzene rings is 1. The molecule has 1 aromatic rings. The lowest BCUT2D eigenvalue weighted by molar-refractivity contribution is 0.243. The van der Waals surface area contributed by atoms with E-state index in [-0.39, 0.29) is 0 Å². The topological polar surface area (TPSA) is 12.0 Å². The van der Waals surface area contributed by atoms with Gasteiger partial charge in [0, 0.05) is 11.1 Å². The number of rotatable bonds is 2. The van der Waals surface area contributed by atoms with Crippen LogP contribution in [0.15, 0.2) is 18.2 Å². The minimum absolute atomic E-state index is 0.611. The maximum absolute atomic E-state index is 6.27. The Bertz CT molecular complexity index is 502. The molecule has 0 aromatic heterocycles. The average molecular weight is 296 g/mol. The van der Waals surface area contributed by atoms with Crippen LogP contribution in [0.5, 0.6) is 0 Å². The minimum Gasteiger partial charge on any atom is -0.381 e. The average Bonchev–Trinajstić information content (AvgIpc) is 3.05. The quantitative estimate of drug-likeness (QED) is 0.788. The smallest absolute Gasteiger partial charge is 0.0638 e. The zero-order valence-electron chi connectivity index (χ0n) is 10.9. The van der Waals surface area contributed by atoms with Crippen LogP contribution < -0.4 is 5.32 Å². The Kier molecular flexibility index (Phi) is 2.97. The number of hydrogen-bond acceptors (Lipinski definition) is 1. The Morgan fingerprint density at radius 2 is 1.84 bits per heavy atom. The van der Waals surface area contributed by atoms with Crippen LogP contribution in [-0.4, -0.2) is 6.04 Å². The van der Waals surface area contributed by atoms with E-state index in [1.807, 2.05) is 18.2 Å². The van der Waals surface area contributed by atoms with Crippen molar-refractivity contribution in [3.63, 3.8) is 0 Å². The zero-order valence-corrected chi connectivity index (χ0v) is 12.4. The molecule has 0 amide bonds. The molecule has 0 saturated heterocycles. The summed E-state index contributed by atoms with van der Waals surface area (Å²) in [7, 11) is 0. The standard InChI is InChI=1S/C16H19Cl2N/c17-10-4-5-14(18)16(8-10)19-15-7-9-6-13(15)12-3-1-2-11(9)12/h4-5,8-9,11-13,15,19H,1-3,6-7H2. The Hall–Kier alpha value is -0.400. The summed E-state index contributed by atoms with van der Waals surface area (Å²) in [6, 6.07) is 6.31. The van der Waals surface area contributed by atoms with Gasteiger partial charge in [-0.1, -0.05) is 29.6 Å². The Morgan fingerprint density at radius 1 is 1.00 bits per heavy atom. The lowest BCUT2D eigenvalue weighted by Gasteiger charge is -2.33. The van der Waals surface area contributed by atoms with Crippen LogP contribution in [0.2, 0.25) is 10.0 Å². The molecule has 19 heavy (non-hydrogen) atoms. The molecule has 4 rings (SSSR count). The fraction of sp³-hybridized carbons (Fsp3) is 0.625. The third-order valence-electron chi connectivity index (χ3n) is 5.70. The molecule has 0 radical (unpaired) electrons. The van der Waals surface area contributed by atoms with E-state index in [0.29, 0.717) is 6.04 Å². The van der Waals surface area contributed by atoms with Gasteiger partial charge in [-0.25, -0.2) is 0 Å². The summed E-state index contributed by atoms with van der Waals surface area (Å²) >= 11 is 12.3. The normalized spacial score (nSPS) is 39.6. The van der Waals surface area contributed by atoms with Crippen molar-refractivity contribution in [3.05, 3.63) is 28.2 Å². The summed E-state index contributed by atoms with van der Waals surface area (Å²) in [6.45, 7) is 0. The molecule has 3 aliphatic carbocycles. The van der Waals surface area contributed by atoms with Crippen LogP contribution in [-0.2, 0) is 0 Å². The van der Waals surface area contributed by atoms with Crippen LogP contribution in [0.3, 0.4) is 0 Å². The Labute approximate surface area is 124 Å². The summed E-state index contributed by atoms with van der Waals surface area (Å²) in [4.78, 5) is 0. The van der Waals surface area contributed by atoms with Gasteiger partial charge in [0.05, 0.1) is 10.7 Å². The van der Waals surface area contributed by atoms with Crippen LogP contribution in [0.1, 0.15) is 32.1 Å². The predicted molar refractivity (Wildman–Crippen MR) is 80.9 cm³/mol. The highest BCUT2D eigenvalue weighted by molar-refractivity contribution is 6.35. The van der Waals surface area contributed by atoms with Crippen LogP contribution in [0, 0.1) is 23.7 Å². The van der Waals surface area contributed by atoms with E-state index in [2.05, 4.69) is 5.32 Å². The number of nitrogens with one attached hydrogen (secondary N) is 1. The van der Waals surface area contributed by atoms with Gasteiger partial charge in [0.2, 0.25) is 0 Å². The van der Waals surface area contributed by atoms with Crippen molar-refractivity contribution in [2.24, 2.45) is 23.7 Å². The van der Waals surface area contributed by atoms with Gasteiger partial charge in [0.1, 0.15) is 0 Å². The molecule has 0 aliphatic heterocycles. The molecular formula is C16H19Cl2N. The second-order valence-electron chi connectivity index (χ2n) is 6.53. The van der Waals surface area contributed by atoms with Crippen molar-refractivity contribution in [2.75, 3.05) is 5.32 Å². The van der Waals surface area contributed by atoms with E-state index in [1.165, 1.54) is 32.1 Å². The molecule has 5 unspecified atom stereocenters. The highest BCUT2D eigenvalue weighted by Crippen LogP contribution is 2.59. The maximum Gasteiger partial charge on any atom is 0.0638 e. The maximum atomic E-state index is 6.27. The lowest BCUT2D eigenvalue weighted by Crippen LogP contribution is -2.33. The van der Waals surface area contributed by atoms with Gasteiger partial charge in [-0.15, -0.1) is 0 Å². The number of anilines is 1. The van der Waals surface area contributed by atoms with E-state index in [1.54, 1.807) is 0 Å². The summed E-state index contributed by atoms with van der Waals surface area (Å²) in [5.74, 6) is 3.85. The van der Waals surface area contributed by atoms with Crippen LogP contribution in [0.4, 0.5) is 5.69 Å². The molecule has 5 atom stereocenters. The van der Waals surface area contributed by atoms with Crippen LogP contribution >= 0.6 is 23.2 Å². The molecular weight excluding hydrogens is 277 g/mol. The van der Waals surface area contributed by atoms with Crippen molar-refractivity contribution < 1.29 is 0 Å². The summed E-state index contributed by atoms with van der Waals surface area (Å²) < 4.78 is 0. The van der Waals surface area contributed by atoms with Crippen molar-refractivity contribution in [1.82, 2.24) is 0 Å². The van der Waals surface area contributed by atoms with E-state index in [4.69, 9.17) is 23.2 Å². The third kappa shape index (κ3) is 1.97. The number of fused-ring (bicyclic) bond motifs is 5. The SMILES string of the molecule is Clc1ccc(Cl)c(NC2CC3CC2C2CCCC32)c1. The van der Waals surface area contributed by atoms with Crippen molar-refractivity contribution in [3.8, 4) is 0 Å². The highest BCUT2D eigenvalue weighted by atomic mass is 35.5. The van der Waals surface area contributed by atoms with Gasteiger partial charge in [-0.2, -0.15) is 0 Å². The molecule has 0 spiro atoms. The zero-order chi connectivity index (χ0) is 13.0. The molecule has 0 heterocycles. The molecule has 1 nitrogen and oxygen atoms in total. The second kappa shape index (κ2) is 4.56. The molecule has 3 aliphatic rings. The second-order valence-corrected chi connectivity index (χ2v) is 7.37. The van der Waals surface area contributed by atoms with Gasteiger partial charge in [-0.3, -0.25) is 0 Å². The van der Waals surface area contributed by atoms with Crippen LogP contribution in [0.25, 0.3) is 0 Å². The summed E-state index contributed by atoms with van der Waals surface area (Å²) in [5.41, 5.74) is 1.02. The van der Waals surface area contributed by atoms with Gasteiger partial charge in [0.25, 0.3) is 0 Å². The Balaban J connectivity index is 1.54. The first-order chi connectivity index (χ1) is 9.22. The first-order valence-corrected chi connectivity index (χ1v) is 8.19. The summed E-state index contributed by atoms with van der Waals surface area (Å²) in [5, 5.41) is 5.22. The largest absolute Gasteiger partial charge is 0.381 e. The van der Waals surface area contributed by atoms with E-state index in [0.717, 1.165) is 39.4 Å². The first-order valence-electron chi connectivity index (χ1n) is 7.44. The number of hydrogen-bond donors (Lipinski definition) is 1. The number of halogens is 2. The fourth-order valence-electron chi connectivity index (χ4n) is 5.04. The molecule has 3 heteroatoms. The predicted octanol–water partition coefficient (Wildman–Crippen LogP) is 5.23. The monoisotopic (exact) mass is 295 g/mol. The van der Waals surface area contributed by atoms with Gasteiger partial charge < -0.3 is 5.32 Å². The highest BCUT2D eigenvalue weighted by Gasteiger charge is 2.53. The molecule has 1 N–H and O–H groups in total. The molecule has 3 saturated carbocycles. The summed E-state index contributed by atoms with van der Waals surface area (Å²) in [6.07, 6.45) is 7.15. The lowest BCUT2D eigenvalue weighted by atomic mass is 9.79. The van der Waals surface area contributed by atoms with Crippen molar-refractivity contribution >= 4 is 28.9 Å². The van der Waals surface area contributed by atoms with Crippen molar-refractivity contribution in [1.29, 1.82) is 0 Å². The molecule has 102 valence electrons. The van der Waals surface area contributed by atoms with E-state index >= 15 is 0 Å². The van der Waals surface area contributed by atoms with E-state index < -0.39 is 0 Å². The van der Waals surface area contributed by atoms with E-state index in [9.17, 15) is 0 Å². The Morgan fingerprint density at radius 3 is 2.74 bits per heavy atom. The molecule has 3 fully saturated rings. The fourth-order valence-corrected chi connectivity index (χ4v) is 5.39. The van der Waals surface area contributed by atoms with Gasteiger partial charge in [0.15, 0.2) is 0 Å². The third-order valence-corrected chi connectivity index (χ3v) is 6.26. The van der Waals surface area contributed by atoms with Crippen molar-refractivity contribution in [2.45, 2.75) is 38.1 Å². The molecule has 2 bridgehead atoms. The first kappa shape index (κ1) is 12.3. The minimum atomic E-state index is 0.611. The molecule has 1 aromatic carbocycles.